The molecule has 0 radical (unpaired) electrons. The lowest BCUT2D eigenvalue weighted by atomic mass is 9.87. The zero-order valence-electron chi connectivity index (χ0n) is 18.2. The number of amides is 2. The number of hydrogen-bond donors (Lipinski definition) is 3. The molecule has 8 heteroatoms. The zero-order valence-corrected chi connectivity index (χ0v) is 18.2. The van der Waals surface area contributed by atoms with Crippen molar-refractivity contribution in [3.63, 3.8) is 0 Å². The lowest BCUT2D eigenvalue weighted by Crippen LogP contribution is -2.32. The van der Waals surface area contributed by atoms with Crippen LogP contribution in [-0.4, -0.2) is 39.1 Å². The molecule has 0 fully saturated rings. The number of aromatic nitrogens is 4. The van der Waals surface area contributed by atoms with Crippen LogP contribution in [0.15, 0.2) is 42.5 Å². The molecule has 158 valence electrons. The SMILES string of the molecule is Cc1cc(C)n(-c2ccc(NCCNC(=O)Nc3ccc(C(C)(C)C)cc3)nn2)n1. The summed E-state index contributed by atoms with van der Waals surface area (Å²) < 4.78 is 1.76. The zero-order chi connectivity index (χ0) is 21.7. The van der Waals surface area contributed by atoms with E-state index in [1.54, 1.807) is 4.68 Å². The van der Waals surface area contributed by atoms with Crippen LogP contribution in [0.4, 0.5) is 16.3 Å². The number of carbonyl (C=O) groups is 1. The number of nitrogens with zero attached hydrogens (tertiary/aromatic N) is 4. The Labute approximate surface area is 177 Å². The van der Waals surface area contributed by atoms with Crippen molar-refractivity contribution in [1.29, 1.82) is 0 Å². The molecule has 3 N–H and O–H groups in total. The molecule has 8 nitrogen and oxygen atoms in total. The van der Waals surface area contributed by atoms with Crippen molar-refractivity contribution in [2.24, 2.45) is 0 Å². The molecule has 0 aliphatic rings. The molecule has 2 aromatic heterocycles. The van der Waals surface area contributed by atoms with Gasteiger partial charge in [-0.3, -0.25) is 0 Å². The van der Waals surface area contributed by atoms with Crippen molar-refractivity contribution in [3.05, 3.63) is 59.4 Å². The summed E-state index contributed by atoms with van der Waals surface area (Å²) in [6.45, 7) is 11.4. The van der Waals surface area contributed by atoms with E-state index < -0.39 is 0 Å². The molecule has 3 aromatic rings. The van der Waals surface area contributed by atoms with Gasteiger partial charge in [0.1, 0.15) is 5.82 Å². The predicted octanol–water partition coefficient (Wildman–Crippen LogP) is 3.81. The molecular weight excluding hydrogens is 378 g/mol. The summed E-state index contributed by atoms with van der Waals surface area (Å²) in [7, 11) is 0. The van der Waals surface area contributed by atoms with Gasteiger partial charge in [0, 0.05) is 24.5 Å². The minimum Gasteiger partial charge on any atom is -0.367 e. The summed E-state index contributed by atoms with van der Waals surface area (Å²) in [4.78, 5) is 12.1. The van der Waals surface area contributed by atoms with E-state index in [0.717, 1.165) is 17.1 Å². The van der Waals surface area contributed by atoms with Crippen molar-refractivity contribution < 1.29 is 4.79 Å². The summed E-state index contributed by atoms with van der Waals surface area (Å²) in [6, 6.07) is 13.3. The largest absolute Gasteiger partial charge is 0.367 e. The average molecular weight is 408 g/mol. The maximum absolute atomic E-state index is 12.1. The highest BCUT2D eigenvalue weighted by Crippen LogP contribution is 2.23. The van der Waals surface area contributed by atoms with Gasteiger partial charge >= 0.3 is 6.03 Å². The minimum atomic E-state index is -0.244. The number of nitrogens with one attached hydrogen (secondary N) is 3. The second-order valence-electron chi connectivity index (χ2n) is 8.25. The van der Waals surface area contributed by atoms with Gasteiger partial charge < -0.3 is 16.0 Å². The Morgan fingerprint density at radius 2 is 1.73 bits per heavy atom. The average Bonchev–Trinajstić information content (AvgIpc) is 3.03. The fraction of sp³-hybridized carbons (Fsp3) is 0.364. The number of anilines is 2. The van der Waals surface area contributed by atoms with Gasteiger partial charge in [-0.1, -0.05) is 32.9 Å². The normalized spacial score (nSPS) is 11.2. The van der Waals surface area contributed by atoms with Crippen molar-refractivity contribution in [2.75, 3.05) is 23.7 Å². The quantitative estimate of drug-likeness (QED) is 0.540. The van der Waals surface area contributed by atoms with Crippen LogP contribution < -0.4 is 16.0 Å². The molecule has 0 saturated carbocycles. The van der Waals surface area contributed by atoms with Crippen molar-refractivity contribution >= 4 is 17.5 Å². The highest BCUT2D eigenvalue weighted by atomic mass is 16.2. The summed E-state index contributed by atoms with van der Waals surface area (Å²) in [5.41, 5.74) is 4.02. The number of carbonyl (C=O) groups excluding carboxylic acids is 1. The molecule has 30 heavy (non-hydrogen) atoms. The Morgan fingerprint density at radius 3 is 2.30 bits per heavy atom. The van der Waals surface area contributed by atoms with Crippen LogP contribution in [-0.2, 0) is 5.41 Å². The standard InChI is InChI=1S/C22H29N7O/c1-15-14-16(2)29(28-15)20-11-10-19(26-27-20)23-12-13-24-21(30)25-18-8-6-17(7-9-18)22(3,4)5/h6-11,14H,12-13H2,1-5H3,(H,23,26)(H2,24,25,30). The maximum Gasteiger partial charge on any atom is 0.319 e. The molecule has 0 aliphatic heterocycles. The first kappa shape index (κ1) is 21.3. The van der Waals surface area contributed by atoms with Crippen LogP contribution >= 0.6 is 0 Å². The Bertz CT molecular complexity index is 986. The van der Waals surface area contributed by atoms with Gasteiger partial charge in [-0.2, -0.15) is 5.10 Å². The number of urea groups is 1. The van der Waals surface area contributed by atoms with Crippen LogP contribution in [0.5, 0.6) is 0 Å². The van der Waals surface area contributed by atoms with Crippen LogP contribution in [0.3, 0.4) is 0 Å². The molecule has 1 aromatic carbocycles. The third-order valence-electron chi connectivity index (χ3n) is 4.60. The van der Waals surface area contributed by atoms with Gasteiger partial charge in [-0.15, -0.1) is 10.2 Å². The van der Waals surface area contributed by atoms with E-state index in [1.807, 2.05) is 56.3 Å². The van der Waals surface area contributed by atoms with E-state index >= 15 is 0 Å². The van der Waals surface area contributed by atoms with E-state index in [9.17, 15) is 4.79 Å². The third-order valence-corrected chi connectivity index (χ3v) is 4.60. The lowest BCUT2D eigenvalue weighted by Gasteiger charge is -2.19. The first-order chi connectivity index (χ1) is 14.2. The number of hydrogen-bond acceptors (Lipinski definition) is 5. The molecule has 2 amide bonds. The number of aryl methyl sites for hydroxylation is 2. The molecular formula is C22H29N7O. The monoisotopic (exact) mass is 407 g/mol. The van der Waals surface area contributed by atoms with Crippen LogP contribution in [0.1, 0.15) is 37.7 Å². The fourth-order valence-electron chi connectivity index (χ4n) is 2.99. The molecule has 2 heterocycles. The molecule has 0 unspecified atom stereocenters. The van der Waals surface area contributed by atoms with Crippen molar-refractivity contribution in [2.45, 2.75) is 40.0 Å². The van der Waals surface area contributed by atoms with Crippen molar-refractivity contribution in [1.82, 2.24) is 25.3 Å². The first-order valence-corrected chi connectivity index (χ1v) is 9.99. The van der Waals surface area contributed by atoms with Crippen LogP contribution in [0.25, 0.3) is 5.82 Å². The summed E-state index contributed by atoms with van der Waals surface area (Å²) in [6.07, 6.45) is 0. The second-order valence-corrected chi connectivity index (χ2v) is 8.25. The molecule has 0 atom stereocenters. The number of benzene rings is 1. The topological polar surface area (TPSA) is 96.8 Å². The summed E-state index contributed by atoms with van der Waals surface area (Å²) in [5.74, 6) is 1.31. The molecule has 0 saturated heterocycles. The first-order valence-electron chi connectivity index (χ1n) is 9.99. The lowest BCUT2D eigenvalue weighted by molar-refractivity contribution is 0.252. The fourth-order valence-corrected chi connectivity index (χ4v) is 2.99. The molecule has 0 aliphatic carbocycles. The van der Waals surface area contributed by atoms with E-state index in [0.29, 0.717) is 24.7 Å². The predicted molar refractivity (Wildman–Crippen MR) is 119 cm³/mol. The van der Waals surface area contributed by atoms with Gasteiger partial charge in [0.2, 0.25) is 0 Å². The van der Waals surface area contributed by atoms with Gasteiger partial charge in [-0.05, 0) is 55.2 Å². The molecule has 0 bridgehead atoms. The van der Waals surface area contributed by atoms with Gasteiger partial charge in [0.15, 0.2) is 5.82 Å². The van der Waals surface area contributed by atoms with Crippen LogP contribution in [0.2, 0.25) is 0 Å². The second kappa shape index (κ2) is 8.94. The van der Waals surface area contributed by atoms with Gasteiger partial charge in [-0.25, -0.2) is 9.48 Å². The molecule has 3 rings (SSSR count). The van der Waals surface area contributed by atoms with E-state index in [-0.39, 0.29) is 11.4 Å². The molecule has 0 spiro atoms. The maximum atomic E-state index is 12.1. The van der Waals surface area contributed by atoms with E-state index in [2.05, 4.69) is 52.0 Å². The Kier molecular flexibility index (Phi) is 6.34. The Hall–Kier alpha value is -3.42. The Balaban J connectivity index is 1.42. The highest BCUT2D eigenvalue weighted by molar-refractivity contribution is 5.89. The summed E-state index contributed by atoms with van der Waals surface area (Å²) in [5, 5.41) is 21.6. The van der Waals surface area contributed by atoms with E-state index in [1.165, 1.54) is 5.56 Å². The van der Waals surface area contributed by atoms with Crippen molar-refractivity contribution in [3.8, 4) is 5.82 Å². The smallest absolute Gasteiger partial charge is 0.319 e. The third kappa shape index (κ3) is 5.56. The number of rotatable bonds is 6. The Morgan fingerprint density at radius 1 is 1.00 bits per heavy atom. The highest BCUT2D eigenvalue weighted by Gasteiger charge is 2.13. The minimum absolute atomic E-state index is 0.0870. The van der Waals surface area contributed by atoms with Gasteiger partial charge in [0.25, 0.3) is 0 Å². The van der Waals surface area contributed by atoms with E-state index in [4.69, 9.17) is 0 Å². The van der Waals surface area contributed by atoms with Crippen LogP contribution in [0, 0.1) is 13.8 Å². The summed E-state index contributed by atoms with van der Waals surface area (Å²) >= 11 is 0. The van der Waals surface area contributed by atoms with Gasteiger partial charge in [0.05, 0.1) is 5.69 Å².